The van der Waals surface area contributed by atoms with Gasteiger partial charge in [0.15, 0.2) is 0 Å². The topological polar surface area (TPSA) is 92.7 Å². The maximum atomic E-state index is 13.2. The zero-order valence-corrected chi connectivity index (χ0v) is 15.4. The minimum absolute atomic E-state index is 0.0810. The lowest BCUT2D eigenvalue weighted by molar-refractivity contribution is -0.140. The number of aliphatic carboxylic acids is 1. The van der Waals surface area contributed by atoms with Crippen molar-refractivity contribution in [3.8, 4) is 11.1 Å². The summed E-state index contributed by atoms with van der Waals surface area (Å²) in [7, 11) is -1.51. The predicted octanol–water partition coefficient (Wildman–Crippen LogP) is 4.25. The quantitative estimate of drug-likeness (QED) is 0.670. The zero-order chi connectivity index (χ0) is 20.3. The monoisotopic (exact) mass is 407 g/mol. The van der Waals surface area contributed by atoms with Crippen molar-refractivity contribution in [1.82, 2.24) is 5.32 Å². The Hall–Kier alpha value is -2.86. The Kier molecular flexibility index (Phi) is 5.70. The van der Waals surface area contributed by atoms with Crippen LogP contribution in [0.2, 0.25) is 0 Å². The van der Waals surface area contributed by atoms with E-state index in [2.05, 4.69) is 0 Å². The first-order chi connectivity index (χ1) is 13.3. The van der Waals surface area contributed by atoms with E-state index in [4.69, 9.17) is 9.84 Å². The second-order valence-electron chi connectivity index (χ2n) is 6.32. The van der Waals surface area contributed by atoms with Crippen LogP contribution in [0.4, 0.5) is 13.6 Å². The van der Waals surface area contributed by atoms with Crippen molar-refractivity contribution >= 4 is 20.5 Å². The van der Waals surface area contributed by atoms with E-state index in [1.807, 2.05) is 53.8 Å². The number of carboxylic acids is 1. The zero-order valence-electron chi connectivity index (χ0n) is 14.5. The SMILES string of the molecule is O=PC(F)(F)CC(NC(=O)OCC1c2ccccc2-c2ccccc21)C(=O)O. The number of alkyl carbamates (subject to hydrolysis) is 1. The number of carboxylic acid groups (broad SMARTS) is 1. The molecule has 28 heavy (non-hydrogen) atoms. The van der Waals surface area contributed by atoms with Gasteiger partial charge in [-0.05, 0) is 22.3 Å². The molecule has 146 valence electrons. The van der Waals surface area contributed by atoms with E-state index in [-0.39, 0.29) is 12.5 Å². The van der Waals surface area contributed by atoms with Crippen molar-refractivity contribution in [1.29, 1.82) is 0 Å². The molecule has 0 aromatic heterocycles. The van der Waals surface area contributed by atoms with E-state index in [9.17, 15) is 22.9 Å². The molecule has 3 rings (SSSR count). The van der Waals surface area contributed by atoms with Crippen LogP contribution in [0.25, 0.3) is 11.1 Å². The number of rotatable bonds is 7. The van der Waals surface area contributed by atoms with Crippen LogP contribution in [0.1, 0.15) is 23.5 Å². The van der Waals surface area contributed by atoms with Crippen LogP contribution >= 0.6 is 8.46 Å². The molecule has 0 spiro atoms. The van der Waals surface area contributed by atoms with Crippen molar-refractivity contribution in [3.05, 3.63) is 59.7 Å². The molecule has 0 saturated carbocycles. The van der Waals surface area contributed by atoms with Crippen LogP contribution in [0.3, 0.4) is 0 Å². The number of benzene rings is 2. The van der Waals surface area contributed by atoms with Crippen molar-refractivity contribution in [2.75, 3.05) is 6.61 Å². The van der Waals surface area contributed by atoms with Gasteiger partial charge in [0.25, 0.3) is 0 Å². The lowest BCUT2D eigenvalue weighted by Crippen LogP contribution is -2.43. The van der Waals surface area contributed by atoms with E-state index >= 15 is 0 Å². The molecule has 2 aromatic carbocycles. The molecule has 0 radical (unpaired) electrons. The van der Waals surface area contributed by atoms with E-state index < -0.39 is 38.6 Å². The fraction of sp³-hybridized carbons (Fsp3) is 0.263. The van der Waals surface area contributed by atoms with E-state index in [1.165, 1.54) is 0 Å². The lowest BCUT2D eigenvalue weighted by Gasteiger charge is -2.18. The summed E-state index contributed by atoms with van der Waals surface area (Å²) in [6.45, 7) is -0.0810. The van der Waals surface area contributed by atoms with E-state index in [1.54, 1.807) is 0 Å². The van der Waals surface area contributed by atoms with Crippen molar-refractivity contribution in [3.63, 3.8) is 0 Å². The molecule has 1 aliphatic carbocycles. The molecule has 2 N–H and O–H groups in total. The van der Waals surface area contributed by atoms with Gasteiger partial charge in [-0.2, -0.15) is 8.78 Å². The van der Waals surface area contributed by atoms with Crippen molar-refractivity contribution in [2.24, 2.45) is 0 Å². The first-order valence-corrected chi connectivity index (χ1v) is 9.20. The van der Waals surface area contributed by atoms with Gasteiger partial charge in [-0.1, -0.05) is 48.5 Å². The minimum Gasteiger partial charge on any atom is -0.480 e. The number of fused-ring (bicyclic) bond motifs is 3. The summed E-state index contributed by atoms with van der Waals surface area (Å²) in [6, 6.07) is 13.3. The molecule has 0 fully saturated rings. The number of ether oxygens (including phenoxy) is 1. The number of halogens is 2. The highest BCUT2D eigenvalue weighted by molar-refractivity contribution is 7.25. The molecule has 0 aliphatic heterocycles. The summed E-state index contributed by atoms with van der Waals surface area (Å²) in [4.78, 5) is 23.1. The molecule has 1 unspecified atom stereocenters. The summed E-state index contributed by atoms with van der Waals surface area (Å²) in [5.41, 5.74) is 0.194. The highest BCUT2D eigenvalue weighted by Crippen LogP contribution is 2.44. The smallest absolute Gasteiger partial charge is 0.407 e. The number of amides is 1. The molecule has 2 aromatic rings. The van der Waals surface area contributed by atoms with Crippen LogP contribution in [0.15, 0.2) is 48.5 Å². The third-order valence-electron chi connectivity index (χ3n) is 4.52. The van der Waals surface area contributed by atoms with E-state index in [0.717, 1.165) is 22.3 Å². The van der Waals surface area contributed by atoms with Crippen LogP contribution in [-0.2, 0) is 14.1 Å². The van der Waals surface area contributed by atoms with Crippen LogP contribution < -0.4 is 5.32 Å². The molecule has 1 atom stereocenters. The van der Waals surface area contributed by atoms with Crippen LogP contribution in [0.5, 0.6) is 0 Å². The molecule has 1 amide bonds. The Morgan fingerprint density at radius 2 is 1.64 bits per heavy atom. The van der Waals surface area contributed by atoms with Gasteiger partial charge in [-0.3, -0.25) is 4.57 Å². The Bertz CT molecular complexity index is 875. The first-order valence-electron chi connectivity index (χ1n) is 8.39. The fourth-order valence-corrected chi connectivity index (χ4v) is 3.52. The van der Waals surface area contributed by atoms with Gasteiger partial charge in [0.1, 0.15) is 12.6 Å². The van der Waals surface area contributed by atoms with Crippen molar-refractivity contribution in [2.45, 2.75) is 24.0 Å². The molecule has 6 nitrogen and oxygen atoms in total. The normalized spacial score (nSPS) is 14.2. The van der Waals surface area contributed by atoms with Crippen LogP contribution in [0, 0.1) is 0 Å². The second-order valence-corrected chi connectivity index (χ2v) is 7.16. The van der Waals surface area contributed by atoms with Gasteiger partial charge < -0.3 is 15.2 Å². The third kappa shape index (κ3) is 4.17. The minimum atomic E-state index is -3.76. The molecule has 0 bridgehead atoms. The predicted molar refractivity (Wildman–Crippen MR) is 96.8 cm³/mol. The molecule has 0 saturated heterocycles. The first kappa shape index (κ1) is 19.9. The number of carbonyl (C=O) groups excluding carboxylic acids is 1. The van der Waals surface area contributed by atoms with E-state index in [0.29, 0.717) is 0 Å². The Labute approximate surface area is 160 Å². The number of carbonyl (C=O) groups is 2. The number of hydrogen-bond donors (Lipinski definition) is 2. The largest absolute Gasteiger partial charge is 0.480 e. The summed E-state index contributed by atoms with van der Waals surface area (Å²) in [5, 5.41) is 10.9. The lowest BCUT2D eigenvalue weighted by atomic mass is 9.98. The standard InChI is InChI=1S/C19H16F2NO5P/c20-19(21,28-26)9-16(17(23)24)22-18(25)27-10-15-13-7-3-1-5-11(13)12-6-2-4-8-14(12)15/h1-8,15-16H,9-10H2,(H,22,25)(H,23,24). The Morgan fingerprint density at radius 1 is 1.11 bits per heavy atom. The van der Waals surface area contributed by atoms with Crippen molar-refractivity contribution < 1.29 is 32.8 Å². The Balaban J connectivity index is 1.69. The average Bonchev–Trinajstić information content (AvgIpc) is 2.99. The molecular formula is C19H16F2NO5P. The summed E-state index contributed by atoms with van der Waals surface area (Å²) in [5.74, 6) is -1.92. The van der Waals surface area contributed by atoms with Gasteiger partial charge in [-0.15, -0.1) is 0 Å². The molecular weight excluding hydrogens is 391 g/mol. The van der Waals surface area contributed by atoms with Gasteiger partial charge in [0.2, 0.25) is 8.46 Å². The fourth-order valence-electron chi connectivity index (χ4n) is 3.27. The summed E-state index contributed by atoms with van der Waals surface area (Å²) < 4.78 is 41.9. The number of hydrogen-bond acceptors (Lipinski definition) is 4. The average molecular weight is 407 g/mol. The molecule has 1 aliphatic rings. The maximum Gasteiger partial charge on any atom is 0.407 e. The highest BCUT2D eigenvalue weighted by Gasteiger charge is 2.38. The van der Waals surface area contributed by atoms with Gasteiger partial charge >= 0.3 is 17.7 Å². The number of alkyl halides is 2. The molecule has 9 heteroatoms. The third-order valence-corrected chi connectivity index (χ3v) is 4.97. The molecule has 0 heterocycles. The Morgan fingerprint density at radius 3 is 2.14 bits per heavy atom. The van der Waals surface area contributed by atoms with Gasteiger partial charge in [-0.25, -0.2) is 9.59 Å². The highest BCUT2D eigenvalue weighted by atomic mass is 31.1. The maximum absolute atomic E-state index is 13.2. The van der Waals surface area contributed by atoms with Gasteiger partial charge in [0.05, 0.1) is 6.42 Å². The summed E-state index contributed by atoms with van der Waals surface area (Å²) in [6.07, 6.45) is -2.44. The van der Waals surface area contributed by atoms with Crippen LogP contribution in [-0.4, -0.2) is 35.5 Å². The second kappa shape index (κ2) is 8.02. The summed E-state index contributed by atoms with van der Waals surface area (Å²) >= 11 is 0. The number of nitrogens with one attached hydrogen (secondary N) is 1. The van der Waals surface area contributed by atoms with Gasteiger partial charge in [0, 0.05) is 5.92 Å².